The second-order valence-corrected chi connectivity index (χ2v) is 13.0. The molecule has 8 rings (SSSR count). The van der Waals surface area contributed by atoms with E-state index in [0.717, 1.165) is 43.1 Å². The summed E-state index contributed by atoms with van der Waals surface area (Å²) in [6, 6.07) is 53.9. The minimum absolute atomic E-state index is 0.159. The lowest BCUT2D eigenvalue weighted by Crippen LogP contribution is -2.10. The van der Waals surface area contributed by atoms with E-state index in [1.807, 2.05) is 0 Å². The van der Waals surface area contributed by atoms with E-state index in [4.69, 9.17) is 9.47 Å². The first-order valence-corrected chi connectivity index (χ1v) is 17.3. The van der Waals surface area contributed by atoms with Crippen molar-refractivity contribution in [2.24, 2.45) is 0 Å². The lowest BCUT2D eigenvalue weighted by molar-refractivity contribution is 0.415. The van der Waals surface area contributed by atoms with Gasteiger partial charge in [0.25, 0.3) is 0 Å². The zero-order chi connectivity index (χ0) is 32.5. The third-order valence-corrected chi connectivity index (χ3v) is 9.86. The minimum atomic E-state index is 0.159. The standard InChI is InChI=1S/C45H41NO2/c1-3-31-5-9-37(10-6-31)45(39-17-13-35(14-18-39)43-29-47-43)38-15-11-33(12-16-38)34-19-25-41(26-20-34)46(40-23-7-32(4-2)8-24-40)42-27-21-36(22-28-42)44-30-48-44/h5-28,43-45H,3-4,29-30H2,1-2H3. The third-order valence-electron chi connectivity index (χ3n) is 9.86. The molecule has 0 spiro atoms. The van der Waals surface area contributed by atoms with Crippen LogP contribution in [0.1, 0.15) is 70.9 Å². The molecule has 2 saturated heterocycles. The fourth-order valence-corrected chi connectivity index (χ4v) is 6.74. The summed E-state index contributed by atoms with van der Waals surface area (Å²) in [7, 11) is 0. The average Bonchev–Trinajstić information content (AvgIpc) is 4.09. The van der Waals surface area contributed by atoms with Crippen LogP contribution in [0.15, 0.2) is 146 Å². The Kier molecular flexibility index (Phi) is 8.40. The van der Waals surface area contributed by atoms with Crippen molar-refractivity contribution >= 4 is 17.1 Å². The first-order chi connectivity index (χ1) is 23.7. The van der Waals surface area contributed by atoms with Gasteiger partial charge in [-0.2, -0.15) is 0 Å². The Balaban J connectivity index is 1.08. The minimum Gasteiger partial charge on any atom is -0.368 e. The topological polar surface area (TPSA) is 28.3 Å². The van der Waals surface area contributed by atoms with Gasteiger partial charge in [-0.25, -0.2) is 0 Å². The normalized spacial score (nSPS) is 17.1. The molecule has 238 valence electrons. The van der Waals surface area contributed by atoms with Crippen LogP contribution >= 0.6 is 0 Å². The summed E-state index contributed by atoms with van der Waals surface area (Å²) in [5.74, 6) is 0.159. The molecule has 0 radical (unpaired) electrons. The molecule has 2 aliphatic heterocycles. The quantitative estimate of drug-likeness (QED) is 0.106. The number of hydrogen-bond acceptors (Lipinski definition) is 3. The number of benzene rings is 6. The fraction of sp³-hybridized carbons (Fsp3) is 0.200. The first-order valence-electron chi connectivity index (χ1n) is 17.3. The second kappa shape index (κ2) is 13.3. The van der Waals surface area contributed by atoms with Gasteiger partial charge in [-0.15, -0.1) is 0 Å². The third kappa shape index (κ3) is 6.44. The zero-order valence-corrected chi connectivity index (χ0v) is 27.7. The summed E-state index contributed by atoms with van der Waals surface area (Å²) in [5, 5.41) is 0. The fourth-order valence-electron chi connectivity index (χ4n) is 6.74. The molecule has 0 bridgehead atoms. The molecule has 0 aliphatic carbocycles. The molecular formula is C45H41NO2. The number of epoxide rings is 2. The van der Waals surface area contributed by atoms with Crippen LogP contribution in [-0.4, -0.2) is 13.2 Å². The zero-order valence-electron chi connectivity index (χ0n) is 27.7. The molecule has 3 nitrogen and oxygen atoms in total. The molecule has 3 atom stereocenters. The SMILES string of the molecule is CCc1ccc(C(c2ccc(-c3ccc(N(c4ccc(CC)cc4)c4ccc(C5CO5)cc4)cc3)cc2)c2ccc(C3CO3)cc2)cc1. The molecule has 6 aromatic rings. The van der Waals surface area contributed by atoms with E-state index in [1.54, 1.807) is 0 Å². The largest absolute Gasteiger partial charge is 0.368 e. The van der Waals surface area contributed by atoms with Gasteiger partial charge in [0.15, 0.2) is 0 Å². The number of rotatable bonds is 11. The van der Waals surface area contributed by atoms with Gasteiger partial charge in [0, 0.05) is 23.0 Å². The smallest absolute Gasteiger partial charge is 0.106 e. The van der Waals surface area contributed by atoms with E-state index < -0.39 is 0 Å². The molecule has 0 amide bonds. The van der Waals surface area contributed by atoms with E-state index in [9.17, 15) is 0 Å². The molecule has 3 heteroatoms. The maximum Gasteiger partial charge on any atom is 0.106 e. The Morgan fingerprint density at radius 2 is 0.771 bits per heavy atom. The van der Waals surface area contributed by atoms with Crippen LogP contribution in [0.25, 0.3) is 11.1 Å². The molecule has 6 aromatic carbocycles. The Morgan fingerprint density at radius 3 is 1.19 bits per heavy atom. The highest BCUT2D eigenvalue weighted by Gasteiger charge is 2.26. The van der Waals surface area contributed by atoms with Gasteiger partial charge < -0.3 is 14.4 Å². The maximum atomic E-state index is 5.53. The van der Waals surface area contributed by atoms with Crippen LogP contribution in [0.3, 0.4) is 0 Å². The summed E-state index contributed by atoms with van der Waals surface area (Å²) in [4.78, 5) is 2.33. The van der Waals surface area contributed by atoms with Crippen LogP contribution in [-0.2, 0) is 22.3 Å². The average molecular weight is 628 g/mol. The Bertz CT molecular complexity index is 1800. The van der Waals surface area contributed by atoms with Crippen molar-refractivity contribution in [2.45, 2.75) is 44.8 Å². The number of nitrogens with zero attached hydrogens (tertiary/aromatic N) is 1. The highest BCUT2D eigenvalue weighted by atomic mass is 16.6. The lowest BCUT2D eigenvalue weighted by atomic mass is 9.84. The van der Waals surface area contributed by atoms with Crippen LogP contribution < -0.4 is 4.90 Å². The highest BCUT2D eigenvalue weighted by molar-refractivity contribution is 5.78. The van der Waals surface area contributed by atoms with Gasteiger partial charge in [0.2, 0.25) is 0 Å². The molecule has 0 aromatic heterocycles. The van der Waals surface area contributed by atoms with Crippen LogP contribution in [0.5, 0.6) is 0 Å². The molecule has 0 N–H and O–H groups in total. The van der Waals surface area contributed by atoms with Gasteiger partial charge in [-0.1, -0.05) is 123 Å². The molecule has 0 saturated carbocycles. The van der Waals surface area contributed by atoms with Crippen molar-refractivity contribution in [2.75, 3.05) is 18.1 Å². The van der Waals surface area contributed by atoms with Gasteiger partial charge in [-0.3, -0.25) is 0 Å². The second-order valence-electron chi connectivity index (χ2n) is 13.0. The molecule has 48 heavy (non-hydrogen) atoms. The Morgan fingerprint density at radius 1 is 0.458 bits per heavy atom. The Labute approximate surface area is 284 Å². The molecule has 2 heterocycles. The van der Waals surface area contributed by atoms with Crippen molar-refractivity contribution in [1.82, 2.24) is 0 Å². The molecule has 3 unspecified atom stereocenters. The van der Waals surface area contributed by atoms with E-state index in [-0.39, 0.29) is 18.1 Å². The predicted molar refractivity (Wildman–Crippen MR) is 197 cm³/mol. The van der Waals surface area contributed by atoms with Crippen molar-refractivity contribution in [3.63, 3.8) is 0 Å². The number of ether oxygens (including phenoxy) is 2. The van der Waals surface area contributed by atoms with Crippen LogP contribution in [0.2, 0.25) is 0 Å². The van der Waals surface area contributed by atoms with Crippen LogP contribution in [0, 0.1) is 0 Å². The number of aryl methyl sites for hydroxylation is 2. The molecule has 2 aliphatic rings. The van der Waals surface area contributed by atoms with Gasteiger partial charge >= 0.3 is 0 Å². The van der Waals surface area contributed by atoms with Crippen molar-refractivity contribution in [1.29, 1.82) is 0 Å². The maximum absolute atomic E-state index is 5.53. The van der Waals surface area contributed by atoms with Crippen molar-refractivity contribution in [3.05, 3.63) is 185 Å². The number of anilines is 3. The van der Waals surface area contributed by atoms with Crippen molar-refractivity contribution < 1.29 is 9.47 Å². The van der Waals surface area contributed by atoms with Crippen molar-refractivity contribution in [3.8, 4) is 11.1 Å². The summed E-state index contributed by atoms with van der Waals surface area (Å²) in [6.07, 6.45) is 2.59. The van der Waals surface area contributed by atoms with Crippen LogP contribution in [0.4, 0.5) is 17.1 Å². The molecule has 2 fully saturated rings. The summed E-state index contributed by atoms with van der Waals surface area (Å²) < 4.78 is 11.0. The van der Waals surface area contributed by atoms with E-state index in [2.05, 4.69) is 164 Å². The summed E-state index contributed by atoms with van der Waals surface area (Å²) in [6.45, 7) is 6.05. The van der Waals surface area contributed by atoms with Gasteiger partial charge in [0.1, 0.15) is 12.2 Å². The van der Waals surface area contributed by atoms with Gasteiger partial charge in [0.05, 0.1) is 13.2 Å². The van der Waals surface area contributed by atoms with E-state index in [1.165, 1.54) is 50.1 Å². The summed E-state index contributed by atoms with van der Waals surface area (Å²) >= 11 is 0. The van der Waals surface area contributed by atoms with Gasteiger partial charge in [-0.05, 0) is 99.3 Å². The van der Waals surface area contributed by atoms with E-state index >= 15 is 0 Å². The van der Waals surface area contributed by atoms with E-state index in [0.29, 0.717) is 0 Å². The highest BCUT2D eigenvalue weighted by Crippen LogP contribution is 2.39. The summed E-state index contributed by atoms with van der Waals surface area (Å²) in [5.41, 5.74) is 14.9. The monoisotopic (exact) mass is 627 g/mol. The lowest BCUT2D eigenvalue weighted by Gasteiger charge is -2.26. The predicted octanol–water partition coefficient (Wildman–Crippen LogP) is 11.3. The molecular weight excluding hydrogens is 587 g/mol. The number of hydrogen-bond donors (Lipinski definition) is 0. The Hall–Kier alpha value is -4.96. The first kappa shape index (κ1) is 30.4.